The van der Waals surface area contributed by atoms with E-state index in [0.29, 0.717) is 11.9 Å². The highest BCUT2D eigenvalue weighted by atomic mass is 79.9. The van der Waals surface area contributed by atoms with Crippen molar-refractivity contribution < 1.29 is 0 Å². The van der Waals surface area contributed by atoms with Gasteiger partial charge in [0, 0.05) is 18.9 Å². The summed E-state index contributed by atoms with van der Waals surface area (Å²) >= 11 is 3.31. The molecule has 17 heavy (non-hydrogen) atoms. The molecule has 1 aromatic carbocycles. The molecule has 0 aliphatic heterocycles. The Kier molecular flexibility index (Phi) is 4.09. The third-order valence-corrected chi connectivity index (χ3v) is 2.96. The standard InChI is InChI=1S/C13H14BrN3/c1-10(11-5-3-2-4-6-11)7-15-13-16-8-12(14)9-17-13/h2-6,8-10H,7H2,1H3,(H,15,16,17). The van der Waals surface area contributed by atoms with Crippen molar-refractivity contribution >= 4 is 21.9 Å². The second kappa shape index (κ2) is 5.77. The van der Waals surface area contributed by atoms with Gasteiger partial charge in [-0.05, 0) is 27.4 Å². The second-order valence-corrected chi connectivity index (χ2v) is 4.83. The van der Waals surface area contributed by atoms with Crippen molar-refractivity contribution in [3.63, 3.8) is 0 Å². The molecule has 1 N–H and O–H groups in total. The highest BCUT2D eigenvalue weighted by Gasteiger charge is 2.05. The van der Waals surface area contributed by atoms with Crippen LogP contribution in [0.25, 0.3) is 0 Å². The fourth-order valence-corrected chi connectivity index (χ4v) is 1.75. The summed E-state index contributed by atoms with van der Waals surface area (Å²) in [5.74, 6) is 1.10. The van der Waals surface area contributed by atoms with Crippen LogP contribution in [0.3, 0.4) is 0 Å². The van der Waals surface area contributed by atoms with Crippen molar-refractivity contribution in [3.8, 4) is 0 Å². The molecule has 1 aromatic heterocycles. The van der Waals surface area contributed by atoms with Gasteiger partial charge in [0.05, 0.1) is 4.47 Å². The van der Waals surface area contributed by atoms with Crippen LogP contribution < -0.4 is 5.32 Å². The van der Waals surface area contributed by atoms with E-state index in [2.05, 4.69) is 62.4 Å². The predicted molar refractivity (Wildman–Crippen MR) is 73.1 cm³/mol. The predicted octanol–water partition coefficient (Wildman–Crippen LogP) is 3.45. The van der Waals surface area contributed by atoms with Crippen molar-refractivity contribution in [3.05, 3.63) is 52.8 Å². The molecule has 0 aliphatic rings. The monoisotopic (exact) mass is 291 g/mol. The summed E-state index contributed by atoms with van der Waals surface area (Å²) < 4.78 is 0.888. The maximum Gasteiger partial charge on any atom is 0.222 e. The van der Waals surface area contributed by atoms with Crippen LogP contribution in [-0.4, -0.2) is 16.5 Å². The third kappa shape index (κ3) is 3.53. The van der Waals surface area contributed by atoms with Gasteiger partial charge in [0.2, 0.25) is 5.95 Å². The first-order chi connectivity index (χ1) is 8.25. The summed E-state index contributed by atoms with van der Waals surface area (Å²) in [6.45, 7) is 3.01. The minimum absolute atomic E-state index is 0.434. The Balaban J connectivity index is 1.92. The number of anilines is 1. The van der Waals surface area contributed by atoms with Crippen LogP contribution in [0.1, 0.15) is 18.4 Å². The number of nitrogens with one attached hydrogen (secondary N) is 1. The van der Waals surface area contributed by atoms with Gasteiger partial charge in [-0.1, -0.05) is 37.3 Å². The normalized spacial score (nSPS) is 12.1. The number of halogens is 1. The van der Waals surface area contributed by atoms with Crippen molar-refractivity contribution in [2.75, 3.05) is 11.9 Å². The van der Waals surface area contributed by atoms with Gasteiger partial charge in [0.1, 0.15) is 0 Å². The Labute approximate surface area is 109 Å². The molecule has 0 radical (unpaired) electrons. The van der Waals surface area contributed by atoms with Gasteiger partial charge in [-0.25, -0.2) is 9.97 Å². The molecule has 0 saturated carbocycles. The van der Waals surface area contributed by atoms with E-state index < -0.39 is 0 Å². The molecule has 1 atom stereocenters. The molecule has 3 nitrogen and oxygen atoms in total. The molecule has 2 rings (SSSR count). The first-order valence-electron chi connectivity index (χ1n) is 5.52. The summed E-state index contributed by atoms with van der Waals surface area (Å²) in [5, 5.41) is 3.23. The number of aromatic nitrogens is 2. The molecule has 0 fully saturated rings. The number of rotatable bonds is 4. The van der Waals surface area contributed by atoms with E-state index in [4.69, 9.17) is 0 Å². The molecule has 0 saturated heterocycles. The zero-order valence-electron chi connectivity index (χ0n) is 9.60. The van der Waals surface area contributed by atoms with E-state index in [-0.39, 0.29) is 0 Å². The summed E-state index contributed by atoms with van der Waals surface area (Å²) in [6.07, 6.45) is 3.48. The Morgan fingerprint density at radius 2 is 1.82 bits per heavy atom. The van der Waals surface area contributed by atoms with Gasteiger partial charge >= 0.3 is 0 Å². The average molecular weight is 292 g/mol. The van der Waals surface area contributed by atoms with Gasteiger partial charge in [-0.15, -0.1) is 0 Å². The number of nitrogens with zero attached hydrogens (tertiary/aromatic N) is 2. The maximum absolute atomic E-state index is 4.17. The minimum atomic E-state index is 0.434. The fourth-order valence-electron chi connectivity index (χ4n) is 1.55. The Hall–Kier alpha value is -1.42. The first kappa shape index (κ1) is 12.0. The molecule has 0 amide bonds. The number of hydrogen-bond donors (Lipinski definition) is 1. The molecule has 1 unspecified atom stereocenters. The van der Waals surface area contributed by atoms with Crippen molar-refractivity contribution in [2.24, 2.45) is 0 Å². The SMILES string of the molecule is CC(CNc1ncc(Br)cn1)c1ccccc1. The summed E-state index contributed by atoms with van der Waals surface area (Å²) in [5.41, 5.74) is 1.32. The van der Waals surface area contributed by atoms with Crippen LogP contribution in [-0.2, 0) is 0 Å². The quantitative estimate of drug-likeness (QED) is 0.937. The lowest BCUT2D eigenvalue weighted by molar-refractivity contribution is 0.796. The van der Waals surface area contributed by atoms with Crippen LogP contribution in [0.2, 0.25) is 0 Å². The molecule has 88 valence electrons. The van der Waals surface area contributed by atoms with Gasteiger partial charge in [0.15, 0.2) is 0 Å². The van der Waals surface area contributed by atoms with E-state index in [1.54, 1.807) is 12.4 Å². The molecular formula is C13H14BrN3. The maximum atomic E-state index is 4.17. The van der Waals surface area contributed by atoms with Gasteiger partial charge in [0.25, 0.3) is 0 Å². The Bertz CT molecular complexity index is 456. The van der Waals surface area contributed by atoms with E-state index in [0.717, 1.165) is 11.0 Å². The minimum Gasteiger partial charge on any atom is -0.354 e. The molecule has 4 heteroatoms. The lowest BCUT2D eigenvalue weighted by atomic mass is 10.0. The number of hydrogen-bond acceptors (Lipinski definition) is 3. The van der Waals surface area contributed by atoms with Gasteiger partial charge in [-0.2, -0.15) is 0 Å². The van der Waals surface area contributed by atoms with Gasteiger partial charge < -0.3 is 5.32 Å². The third-order valence-electron chi connectivity index (χ3n) is 2.56. The highest BCUT2D eigenvalue weighted by Crippen LogP contribution is 2.15. The largest absolute Gasteiger partial charge is 0.354 e. The van der Waals surface area contributed by atoms with Crippen LogP contribution >= 0.6 is 15.9 Å². The zero-order valence-corrected chi connectivity index (χ0v) is 11.2. The smallest absolute Gasteiger partial charge is 0.222 e. The van der Waals surface area contributed by atoms with E-state index in [1.165, 1.54) is 5.56 Å². The van der Waals surface area contributed by atoms with E-state index in [1.807, 2.05) is 6.07 Å². The molecule has 1 heterocycles. The summed E-state index contributed by atoms with van der Waals surface area (Å²) in [7, 11) is 0. The zero-order chi connectivity index (χ0) is 12.1. The Morgan fingerprint density at radius 1 is 1.18 bits per heavy atom. The van der Waals surface area contributed by atoms with Crippen LogP contribution in [0, 0.1) is 0 Å². The van der Waals surface area contributed by atoms with Crippen molar-refractivity contribution in [1.82, 2.24) is 9.97 Å². The molecule has 2 aromatic rings. The lowest BCUT2D eigenvalue weighted by Gasteiger charge is -2.12. The van der Waals surface area contributed by atoms with Crippen molar-refractivity contribution in [1.29, 1.82) is 0 Å². The van der Waals surface area contributed by atoms with Gasteiger partial charge in [-0.3, -0.25) is 0 Å². The molecular weight excluding hydrogens is 278 g/mol. The lowest BCUT2D eigenvalue weighted by Crippen LogP contribution is -2.11. The topological polar surface area (TPSA) is 37.8 Å². The number of benzene rings is 1. The van der Waals surface area contributed by atoms with Crippen LogP contribution in [0.5, 0.6) is 0 Å². The highest BCUT2D eigenvalue weighted by molar-refractivity contribution is 9.10. The summed E-state index contributed by atoms with van der Waals surface area (Å²) in [4.78, 5) is 8.35. The second-order valence-electron chi connectivity index (χ2n) is 3.92. The van der Waals surface area contributed by atoms with Crippen LogP contribution in [0.15, 0.2) is 47.2 Å². The fraction of sp³-hybridized carbons (Fsp3) is 0.231. The van der Waals surface area contributed by atoms with E-state index in [9.17, 15) is 0 Å². The first-order valence-corrected chi connectivity index (χ1v) is 6.31. The van der Waals surface area contributed by atoms with E-state index >= 15 is 0 Å². The molecule has 0 spiro atoms. The summed E-state index contributed by atoms with van der Waals surface area (Å²) in [6, 6.07) is 10.4. The van der Waals surface area contributed by atoms with Crippen LogP contribution in [0.4, 0.5) is 5.95 Å². The molecule has 0 aliphatic carbocycles. The average Bonchev–Trinajstić information content (AvgIpc) is 2.39. The molecule has 0 bridgehead atoms. The van der Waals surface area contributed by atoms with Crippen molar-refractivity contribution in [2.45, 2.75) is 12.8 Å². The Morgan fingerprint density at radius 3 is 2.47 bits per heavy atom.